The minimum absolute atomic E-state index is 0.0845. The van der Waals surface area contributed by atoms with Gasteiger partial charge in [0.25, 0.3) is 0 Å². The summed E-state index contributed by atoms with van der Waals surface area (Å²) in [7, 11) is 4.02. The molecule has 3 aromatic rings. The molecule has 0 aromatic carbocycles. The lowest BCUT2D eigenvalue weighted by Crippen LogP contribution is -2.36. The molecule has 0 radical (unpaired) electrons. The van der Waals surface area contributed by atoms with Gasteiger partial charge in [0.15, 0.2) is 10.6 Å². The molecule has 0 spiro atoms. The van der Waals surface area contributed by atoms with Crippen molar-refractivity contribution in [1.82, 2.24) is 25.0 Å². The molecule has 0 saturated heterocycles. The van der Waals surface area contributed by atoms with Gasteiger partial charge in [0.1, 0.15) is 6.54 Å². The Morgan fingerprint density at radius 1 is 1.36 bits per heavy atom. The first-order valence-corrected chi connectivity index (χ1v) is 9.88. The van der Waals surface area contributed by atoms with Gasteiger partial charge in [-0.05, 0) is 49.2 Å². The van der Waals surface area contributed by atoms with Gasteiger partial charge in [-0.15, -0.1) is 22.7 Å². The van der Waals surface area contributed by atoms with Crippen molar-refractivity contribution >= 4 is 40.8 Å². The number of nitrogens with zero attached hydrogens (tertiary/aromatic N) is 3. The lowest BCUT2D eigenvalue weighted by Gasteiger charge is -2.23. The number of nitrogens with one attached hydrogen (secondary N) is 2. The summed E-state index contributed by atoms with van der Waals surface area (Å²) < 4.78 is 2.17. The minimum Gasteiger partial charge on any atom is -0.353 e. The van der Waals surface area contributed by atoms with Crippen molar-refractivity contribution in [2.75, 3.05) is 20.6 Å². The number of aromatic nitrogens is 3. The average molecular weight is 394 g/mol. The van der Waals surface area contributed by atoms with Gasteiger partial charge < -0.3 is 10.2 Å². The van der Waals surface area contributed by atoms with Crippen LogP contribution in [0.25, 0.3) is 10.7 Å². The summed E-state index contributed by atoms with van der Waals surface area (Å²) in [5.41, 5.74) is 0. The Kier molecular flexibility index (Phi) is 5.79. The van der Waals surface area contributed by atoms with Gasteiger partial charge in [0.05, 0.1) is 10.9 Å². The van der Waals surface area contributed by atoms with E-state index in [0.717, 1.165) is 4.88 Å². The van der Waals surface area contributed by atoms with Crippen molar-refractivity contribution in [3.05, 3.63) is 44.7 Å². The van der Waals surface area contributed by atoms with Gasteiger partial charge >= 0.3 is 0 Å². The number of hydrogen-bond donors (Lipinski definition) is 2. The fourth-order valence-corrected chi connectivity index (χ4v) is 4.33. The molecule has 1 amide bonds. The van der Waals surface area contributed by atoms with Gasteiger partial charge in [0, 0.05) is 11.4 Å². The Morgan fingerprint density at radius 2 is 2.12 bits per heavy atom. The molecule has 25 heavy (non-hydrogen) atoms. The lowest BCUT2D eigenvalue weighted by molar-refractivity contribution is -0.121. The molecule has 0 bridgehead atoms. The largest absolute Gasteiger partial charge is 0.353 e. The molecule has 132 valence electrons. The van der Waals surface area contributed by atoms with Crippen LogP contribution in [0.1, 0.15) is 10.9 Å². The number of likely N-dealkylation sites (N-methyl/N-ethyl adjacent to an activating group) is 1. The highest BCUT2D eigenvalue weighted by molar-refractivity contribution is 7.71. The molecule has 3 heterocycles. The highest BCUT2D eigenvalue weighted by Crippen LogP contribution is 2.23. The van der Waals surface area contributed by atoms with Crippen molar-refractivity contribution < 1.29 is 4.79 Å². The van der Waals surface area contributed by atoms with Crippen LogP contribution in [0.5, 0.6) is 0 Å². The number of rotatable bonds is 7. The van der Waals surface area contributed by atoms with E-state index in [0.29, 0.717) is 17.1 Å². The third kappa shape index (κ3) is 4.24. The first-order valence-electron chi connectivity index (χ1n) is 7.72. The van der Waals surface area contributed by atoms with Crippen LogP contribution in [0, 0.1) is 4.77 Å². The molecule has 1 atom stereocenters. The monoisotopic (exact) mass is 393 g/mol. The van der Waals surface area contributed by atoms with Gasteiger partial charge in [-0.25, -0.2) is 0 Å². The quantitative estimate of drug-likeness (QED) is 0.605. The molecular formula is C16H19N5OS3. The summed E-state index contributed by atoms with van der Waals surface area (Å²) in [6.07, 6.45) is 0. The first-order chi connectivity index (χ1) is 12.1. The predicted octanol–water partition coefficient (Wildman–Crippen LogP) is 3.15. The normalized spacial score (nSPS) is 12.4. The van der Waals surface area contributed by atoms with Crippen molar-refractivity contribution in [1.29, 1.82) is 0 Å². The van der Waals surface area contributed by atoms with Crippen molar-refractivity contribution in [2.24, 2.45) is 0 Å². The van der Waals surface area contributed by atoms with Crippen LogP contribution in [-0.4, -0.2) is 46.2 Å². The molecule has 0 aliphatic rings. The maximum atomic E-state index is 12.4. The van der Waals surface area contributed by atoms with Crippen LogP contribution in [0.2, 0.25) is 0 Å². The Hall–Kier alpha value is -1.81. The molecule has 0 saturated carbocycles. The van der Waals surface area contributed by atoms with E-state index in [1.165, 1.54) is 4.88 Å². The molecular weight excluding hydrogens is 374 g/mol. The number of aromatic amines is 1. The minimum atomic E-state index is -0.0845. The summed E-state index contributed by atoms with van der Waals surface area (Å²) in [6.45, 7) is 0.693. The van der Waals surface area contributed by atoms with E-state index in [4.69, 9.17) is 12.2 Å². The van der Waals surface area contributed by atoms with E-state index in [2.05, 4.69) is 26.5 Å². The Balaban J connectivity index is 1.67. The number of thiophene rings is 2. The molecule has 9 heteroatoms. The lowest BCUT2D eigenvalue weighted by atomic mass is 10.2. The van der Waals surface area contributed by atoms with E-state index in [-0.39, 0.29) is 18.5 Å². The van der Waals surface area contributed by atoms with Crippen molar-refractivity contribution in [3.8, 4) is 10.7 Å². The van der Waals surface area contributed by atoms with Crippen molar-refractivity contribution in [2.45, 2.75) is 12.6 Å². The SMILES string of the molecule is CN(C)C(CNC(=O)Cn1c(-c2cccs2)n[nH]c1=S)c1cccs1. The standard InChI is InChI=1S/C16H19N5OS3/c1-20(2)11(12-5-3-7-24-12)9-17-14(22)10-21-15(18-19-16(21)23)13-6-4-8-25-13/h3-8,11H,9-10H2,1-2H3,(H,17,22)(H,19,23). The van der Waals surface area contributed by atoms with E-state index >= 15 is 0 Å². The zero-order valence-electron chi connectivity index (χ0n) is 13.9. The Morgan fingerprint density at radius 3 is 2.76 bits per heavy atom. The highest BCUT2D eigenvalue weighted by atomic mass is 32.1. The first kappa shape index (κ1) is 18.0. The fraction of sp³-hybridized carbons (Fsp3) is 0.312. The third-order valence-corrected chi connectivity index (χ3v) is 5.94. The number of hydrogen-bond acceptors (Lipinski definition) is 6. The average Bonchev–Trinajstić information content (AvgIpc) is 3.30. The highest BCUT2D eigenvalue weighted by Gasteiger charge is 2.17. The zero-order chi connectivity index (χ0) is 17.8. The second kappa shape index (κ2) is 8.05. The predicted molar refractivity (Wildman–Crippen MR) is 104 cm³/mol. The summed E-state index contributed by atoms with van der Waals surface area (Å²) in [4.78, 5) is 16.8. The van der Waals surface area contributed by atoms with Gasteiger partial charge in [0.2, 0.25) is 5.91 Å². The van der Waals surface area contributed by atoms with Crippen molar-refractivity contribution in [3.63, 3.8) is 0 Å². The summed E-state index contributed by atoms with van der Waals surface area (Å²) in [5, 5.41) is 14.0. The maximum Gasteiger partial charge on any atom is 0.240 e. The van der Waals surface area contributed by atoms with Crippen LogP contribution < -0.4 is 5.32 Å². The van der Waals surface area contributed by atoms with E-state index in [1.807, 2.05) is 43.1 Å². The van der Waals surface area contributed by atoms with Crippen LogP contribution in [0.4, 0.5) is 0 Å². The Labute approximate surface area is 159 Å². The zero-order valence-corrected chi connectivity index (χ0v) is 16.4. The van der Waals surface area contributed by atoms with E-state index < -0.39 is 0 Å². The number of H-pyrrole nitrogens is 1. The molecule has 3 rings (SSSR count). The second-order valence-corrected chi connectivity index (χ2v) is 8.03. The molecule has 2 N–H and O–H groups in total. The molecule has 1 unspecified atom stereocenters. The molecule has 0 aliphatic carbocycles. The Bertz CT molecular complexity index is 864. The molecule has 0 fully saturated rings. The van der Waals surface area contributed by atoms with Gasteiger partial charge in [-0.1, -0.05) is 12.1 Å². The molecule has 0 aliphatic heterocycles. The number of carbonyl (C=O) groups excluding carboxylic acids is 1. The molecule has 6 nitrogen and oxygen atoms in total. The summed E-state index contributed by atoms with van der Waals surface area (Å²) >= 11 is 8.53. The maximum absolute atomic E-state index is 12.4. The molecule has 3 aromatic heterocycles. The third-order valence-electron chi connectivity index (χ3n) is 3.79. The second-order valence-electron chi connectivity index (χ2n) is 5.71. The van der Waals surface area contributed by atoms with Crippen LogP contribution in [0.15, 0.2) is 35.0 Å². The fourth-order valence-electron chi connectivity index (χ4n) is 2.49. The topological polar surface area (TPSA) is 66.0 Å². The van der Waals surface area contributed by atoms with Crippen LogP contribution >= 0.6 is 34.9 Å². The van der Waals surface area contributed by atoms with E-state index in [1.54, 1.807) is 27.2 Å². The summed E-state index contributed by atoms with van der Waals surface area (Å²) in [6, 6.07) is 8.17. The van der Waals surface area contributed by atoms with Crippen LogP contribution in [-0.2, 0) is 11.3 Å². The van der Waals surface area contributed by atoms with Gasteiger partial charge in [-0.3, -0.25) is 14.5 Å². The summed E-state index contributed by atoms with van der Waals surface area (Å²) in [5.74, 6) is 0.608. The van der Waals surface area contributed by atoms with Crippen LogP contribution in [0.3, 0.4) is 0 Å². The van der Waals surface area contributed by atoms with Gasteiger partial charge in [-0.2, -0.15) is 5.10 Å². The number of amides is 1. The van der Waals surface area contributed by atoms with E-state index in [9.17, 15) is 4.79 Å². The smallest absolute Gasteiger partial charge is 0.240 e. The number of carbonyl (C=O) groups is 1.